The first-order valence-corrected chi connectivity index (χ1v) is 11.0. The number of amides is 1. The molecule has 0 radical (unpaired) electrons. The van der Waals surface area contributed by atoms with Crippen LogP contribution in [0.5, 0.6) is 0 Å². The number of aromatic nitrogens is 3. The SMILES string of the molecule is Cc1cc(C)cc(NC(=O)C(Sc2nncn2-c2ccccc2C)c2ccccc2)c1. The number of hydrogen-bond donors (Lipinski definition) is 1. The molecule has 1 amide bonds. The van der Waals surface area contributed by atoms with Gasteiger partial charge in [0.1, 0.15) is 11.6 Å². The Balaban J connectivity index is 1.67. The maximum Gasteiger partial charge on any atom is 0.242 e. The quantitative estimate of drug-likeness (QED) is 0.402. The van der Waals surface area contributed by atoms with Crippen LogP contribution in [0.4, 0.5) is 5.69 Å². The van der Waals surface area contributed by atoms with E-state index in [0.29, 0.717) is 5.16 Å². The van der Waals surface area contributed by atoms with Gasteiger partial charge in [-0.15, -0.1) is 10.2 Å². The van der Waals surface area contributed by atoms with Crippen molar-refractivity contribution in [1.29, 1.82) is 0 Å². The third-order valence-corrected chi connectivity index (χ3v) is 6.16. The van der Waals surface area contributed by atoms with E-state index in [1.165, 1.54) is 11.8 Å². The highest BCUT2D eigenvalue weighted by Gasteiger charge is 2.25. The van der Waals surface area contributed by atoms with E-state index in [2.05, 4.69) is 21.6 Å². The van der Waals surface area contributed by atoms with Gasteiger partial charge in [0.2, 0.25) is 5.91 Å². The molecule has 156 valence electrons. The van der Waals surface area contributed by atoms with Crippen LogP contribution in [0.15, 0.2) is 84.3 Å². The standard InChI is InChI=1S/C25H24N4OS/c1-17-13-18(2)15-21(14-17)27-24(30)23(20-10-5-4-6-11-20)31-25-28-26-16-29(25)22-12-8-7-9-19(22)3/h4-16,23H,1-3H3,(H,27,30). The molecule has 5 nitrogen and oxygen atoms in total. The lowest BCUT2D eigenvalue weighted by Gasteiger charge is -2.18. The molecule has 1 aromatic heterocycles. The first-order chi connectivity index (χ1) is 15.0. The number of rotatable bonds is 6. The summed E-state index contributed by atoms with van der Waals surface area (Å²) in [4.78, 5) is 13.4. The summed E-state index contributed by atoms with van der Waals surface area (Å²) in [7, 11) is 0. The van der Waals surface area contributed by atoms with Crippen molar-refractivity contribution in [3.8, 4) is 5.69 Å². The molecule has 1 unspecified atom stereocenters. The van der Waals surface area contributed by atoms with Gasteiger partial charge in [0.15, 0.2) is 5.16 Å². The van der Waals surface area contributed by atoms with Gasteiger partial charge in [0.25, 0.3) is 0 Å². The second-order valence-corrected chi connectivity index (χ2v) is 8.62. The summed E-state index contributed by atoms with van der Waals surface area (Å²) in [5.41, 5.74) is 6.03. The third-order valence-electron chi connectivity index (χ3n) is 4.94. The second-order valence-electron chi connectivity index (χ2n) is 7.54. The minimum Gasteiger partial charge on any atom is -0.325 e. The highest BCUT2D eigenvalue weighted by atomic mass is 32.2. The molecule has 3 aromatic carbocycles. The molecule has 6 heteroatoms. The van der Waals surface area contributed by atoms with E-state index in [1.807, 2.05) is 92.1 Å². The first-order valence-electron chi connectivity index (χ1n) is 10.1. The molecule has 0 bridgehead atoms. The van der Waals surface area contributed by atoms with Gasteiger partial charge in [0, 0.05) is 5.69 Å². The van der Waals surface area contributed by atoms with Crippen LogP contribution in [-0.2, 0) is 4.79 Å². The van der Waals surface area contributed by atoms with Gasteiger partial charge in [-0.25, -0.2) is 0 Å². The number of carbonyl (C=O) groups excluding carboxylic acids is 1. The molecule has 31 heavy (non-hydrogen) atoms. The number of nitrogens with zero attached hydrogens (tertiary/aromatic N) is 3. The number of benzene rings is 3. The lowest BCUT2D eigenvalue weighted by atomic mass is 10.1. The zero-order chi connectivity index (χ0) is 21.8. The topological polar surface area (TPSA) is 59.8 Å². The largest absolute Gasteiger partial charge is 0.325 e. The number of thioether (sulfide) groups is 1. The van der Waals surface area contributed by atoms with E-state index in [-0.39, 0.29) is 5.91 Å². The molecule has 0 spiro atoms. The molecule has 0 fully saturated rings. The van der Waals surface area contributed by atoms with Crippen molar-refractivity contribution in [2.24, 2.45) is 0 Å². The molecule has 1 heterocycles. The van der Waals surface area contributed by atoms with Crippen molar-refractivity contribution >= 4 is 23.4 Å². The van der Waals surface area contributed by atoms with Crippen molar-refractivity contribution in [2.45, 2.75) is 31.2 Å². The predicted molar refractivity (Wildman–Crippen MR) is 126 cm³/mol. The van der Waals surface area contributed by atoms with Crippen LogP contribution in [-0.4, -0.2) is 20.7 Å². The van der Waals surface area contributed by atoms with Gasteiger partial charge in [-0.1, -0.05) is 66.4 Å². The van der Waals surface area contributed by atoms with Crippen LogP contribution in [0.25, 0.3) is 5.69 Å². The summed E-state index contributed by atoms with van der Waals surface area (Å²) in [6.07, 6.45) is 1.69. The molecule has 0 aliphatic carbocycles. The zero-order valence-electron chi connectivity index (χ0n) is 17.7. The maximum absolute atomic E-state index is 13.4. The summed E-state index contributed by atoms with van der Waals surface area (Å²) in [6, 6.07) is 23.9. The Kier molecular flexibility index (Phi) is 6.18. The average Bonchev–Trinajstić information content (AvgIpc) is 3.20. The summed E-state index contributed by atoms with van der Waals surface area (Å²) < 4.78 is 1.93. The Morgan fingerprint density at radius 2 is 1.61 bits per heavy atom. The van der Waals surface area contributed by atoms with E-state index in [1.54, 1.807) is 6.33 Å². The minimum absolute atomic E-state index is 0.0967. The van der Waals surface area contributed by atoms with Gasteiger partial charge in [-0.05, 0) is 61.2 Å². The summed E-state index contributed by atoms with van der Waals surface area (Å²) in [5.74, 6) is -0.0967. The van der Waals surface area contributed by atoms with Crippen molar-refractivity contribution in [3.63, 3.8) is 0 Å². The normalized spacial score (nSPS) is 11.8. The van der Waals surface area contributed by atoms with Gasteiger partial charge >= 0.3 is 0 Å². The van der Waals surface area contributed by atoms with Crippen molar-refractivity contribution < 1.29 is 4.79 Å². The maximum atomic E-state index is 13.4. The van der Waals surface area contributed by atoms with Crippen molar-refractivity contribution in [2.75, 3.05) is 5.32 Å². The Hall–Kier alpha value is -3.38. The molecule has 0 saturated heterocycles. The smallest absolute Gasteiger partial charge is 0.242 e. The summed E-state index contributed by atoms with van der Waals surface area (Å²) in [6.45, 7) is 6.10. The number of carbonyl (C=O) groups is 1. The van der Waals surface area contributed by atoms with Crippen LogP contribution in [0.3, 0.4) is 0 Å². The molecule has 1 N–H and O–H groups in total. The van der Waals surface area contributed by atoms with E-state index in [4.69, 9.17) is 0 Å². The molecule has 4 aromatic rings. The van der Waals surface area contributed by atoms with Crippen molar-refractivity contribution in [1.82, 2.24) is 14.8 Å². The average molecular weight is 429 g/mol. The predicted octanol–water partition coefficient (Wildman–Crippen LogP) is 5.66. The van der Waals surface area contributed by atoms with Gasteiger partial charge in [-0.2, -0.15) is 0 Å². The van der Waals surface area contributed by atoms with Crippen molar-refractivity contribution in [3.05, 3.63) is 101 Å². The summed E-state index contributed by atoms with van der Waals surface area (Å²) >= 11 is 1.39. The van der Waals surface area contributed by atoms with Crippen LogP contribution < -0.4 is 5.32 Å². The zero-order valence-corrected chi connectivity index (χ0v) is 18.6. The lowest BCUT2D eigenvalue weighted by Crippen LogP contribution is -2.19. The fourth-order valence-corrected chi connectivity index (χ4v) is 4.59. The van der Waals surface area contributed by atoms with E-state index < -0.39 is 5.25 Å². The van der Waals surface area contributed by atoms with Crippen LogP contribution in [0.2, 0.25) is 0 Å². The summed E-state index contributed by atoms with van der Waals surface area (Å²) in [5, 5.41) is 11.7. The molecule has 0 aliphatic heterocycles. The molecule has 0 saturated carbocycles. The number of para-hydroxylation sites is 1. The van der Waals surface area contributed by atoms with Crippen LogP contribution >= 0.6 is 11.8 Å². The lowest BCUT2D eigenvalue weighted by molar-refractivity contribution is -0.115. The first kappa shape index (κ1) is 20.9. The molecule has 1 atom stereocenters. The highest BCUT2D eigenvalue weighted by molar-refractivity contribution is 8.00. The highest BCUT2D eigenvalue weighted by Crippen LogP contribution is 2.36. The fourth-order valence-electron chi connectivity index (χ4n) is 3.56. The monoisotopic (exact) mass is 428 g/mol. The Bertz CT molecular complexity index is 1180. The number of hydrogen-bond acceptors (Lipinski definition) is 4. The molecular formula is C25H24N4OS. The van der Waals surface area contributed by atoms with Crippen LogP contribution in [0.1, 0.15) is 27.5 Å². The van der Waals surface area contributed by atoms with Gasteiger partial charge in [0.05, 0.1) is 5.69 Å². The second kappa shape index (κ2) is 9.18. The Morgan fingerprint density at radius 1 is 0.935 bits per heavy atom. The molecule has 0 aliphatic rings. The van der Waals surface area contributed by atoms with E-state index >= 15 is 0 Å². The third kappa shape index (κ3) is 4.86. The molecule has 4 rings (SSSR count). The number of nitrogens with one attached hydrogen (secondary N) is 1. The fraction of sp³-hybridized carbons (Fsp3) is 0.160. The van der Waals surface area contributed by atoms with Gasteiger partial charge in [-0.3, -0.25) is 9.36 Å². The number of anilines is 1. The Labute approximate surface area is 186 Å². The molecular weight excluding hydrogens is 404 g/mol. The Morgan fingerprint density at radius 3 is 2.32 bits per heavy atom. The van der Waals surface area contributed by atoms with Gasteiger partial charge < -0.3 is 5.32 Å². The van der Waals surface area contributed by atoms with E-state index in [0.717, 1.165) is 33.6 Å². The number of aryl methyl sites for hydroxylation is 3. The minimum atomic E-state index is -0.478. The van der Waals surface area contributed by atoms with Crippen LogP contribution in [0, 0.1) is 20.8 Å². The van der Waals surface area contributed by atoms with E-state index in [9.17, 15) is 4.79 Å².